The van der Waals surface area contributed by atoms with Crippen LogP contribution in [0.4, 0.5) is 0 Å². The van der Waals surface area contributed by atoms with E-state index in [9.17, 15) is 4.79 Å². The summed E-state index contributed by atoms with van der Waals surface area (Å²) in [5.41, 5.74) is 5.88. The van der Waals surface area contributed by atoms with E-state index in [0.29, 0.717) is 18.8 Å². The first-order chi connectivity index (χ1) is 6.11. The Bertz CT molecular complexity index is 165. The lowest BCUT2D eigenvalue weighted by molar-refractivity contribution is -0.118. The molecule has 0 radical (unpaired) electrons. The molecule has 2 atom stereocenters. The molecule has 2 unspecified atom stereocenters. The summed E-state index contributed by atoms with van der Waals surface area (Å²) in [5, 5.41) is 0. The van der Waals surface area contributed by atoms with Crippen molar-refractivity contribution in [3.63, 3.8) is 0 Å². The summed E-state index contributed by atoms with van der Waals surface area (Å²) in [7, 11) is 0. The monoisotopic (exact) mass is 183 g/mol. The Morgan fingerprint density at radius 2 is 2.23 bits per heavy atom. The van der Waals surface area contributed by atoms with Crippen molar-refractivity contribution in [2.45, 2.75) is 45.6 Å². The highest BCUT2D eigenvalue weighted by Crippen LogP contribution is 2.12. The van der Waals surface area contributed by atoms with Gasteiger partial charge in [-0.15, -0.1) is 6.58 Å². The van der Waals surface area contributed by atoms with Gasteiger partial charge in [0.1, 0.15) is 5.78 Å². The Morgan fingerprint density at radius 1 is 1.62 bits per heavy atom. The molecule has 2 heteroatoms. The van der Waals surface area contributed by atoms with Gasteiger partial charge in [-0.2, -0.15) is 0 Å². The molecule has 0 aromatic heterocycles. The number of allylic oxidation sites excluding steroid dienone is 1. The van der Waals surface area contributed by atoms with E-state index in [1.165, 1.54) is 0 Å². The molecule has 0 spiro atoms. The third-order valence-corrected chi connectivity index (χ3v) is 2.31. The summed E-state index contributed by atoms with van der Waals surface area (Å²) in [5.74, 6) is 0.643. The van der Waals surface area contributed by atoms with Crippen LogP contribution in [0.3, 0.4) is 0 Å². The molecule has 0 aliphatic heterocycles. The zero-order valence-electron chi connectivity index (χ0n) is 8.75. The van der Waals surface area contributed by atoms with E-state index in [-0.39, 0.29) is 11.8 Å². The minimum atomic E-state index is 0.0207. The molecule has 0 aliphatic carbocycles. The zero-order valence-corrected chi connectivity index (χ0v) is 8.75. The van der Waals surface area contributed by atoms with Gasteiger partial charge in [0.25, 0.3) is 0 Å². The van der Waals surface area contributed by atoms with Crippen molar-refractivity contribution < 1.29 is 4.79 Å². The predicted octanol–water partition coefficient (Wildman–Crippen LogP) is 2.29. The van der Waals surface area contributed by atoms with Gasteiger partial charge in [-0.3, -0.25) is 4.79 Å². The molecule has 2 nitrogen and oxygen atoms in total. The molecule has 0 aromatic rings. The SMILES string of the molecule is C=CCC(=O)CC(N)C(C)CCC. The third-order valence-electron chi connectivity index (χ3n) is 2.31. The number of hydrogen-bond acceptors (Lipinski definition) is 2. The van der Waals surface area contributed by atoms with Gasteiger partial charge >= 0.3 is 0 Å². The van der Waals surface area contributed by atoms with Crippen molar-refractivity contribution in [1.29, 1.82) is 0 Å². The average molecular weight is 183 g/mol. The van der Waals surface area contributed by atoms with Crippen LogP contribution in [0.1, 0.15) is 39.5 Å². The van der Waals surface area contributed by atoms with Crippen LogP contribution >= 0.6 is 0 Å². The lowest BCUT2D eigenvalue weighted by atomic mass is 9.93. The number of Topliss-reactive ketones (excluding diaryl/α,β-unsaturated/α-hetero) is 1. The van der Waals surface area contributed by atoms with E-state index in [1.807, 2.05) is 0 Å². The van der Waals surface area contributed by atoms with Crippen LogP contribution in [0.15, 0.2) is 12.7 Å². The molecule has 0 rings (SSSR count). The van der Waals surface area contributed by atoms with Crippen molar-refractivity contribution in [2.24, 2.45) is 11.7 Å². The smallest absolute Gasteiger partial charge is 0.138 e. The second-order valence-corrected chi connectivity index (χ2v) is 3.67. The lowest BCUT2D eigenvalue weighted by Crippen LogP contribution is -2.30. The summed E-state index contributed by atoms with van der Waals surface area (Å²) in [6.45, 7) is 7.77. The van der Waals surface area contributed by atoms with Crippen LogP contribution in [0.25, 0.3) is 0 Å². The number of hydrogen-bond donors (Lipinski definition) is 1. The first kappa shape index (κ1) is 12.4. The minimum absolute atomic E-state index is 0.0207. The summed E-state index contributed by atoms with van der Waals surface area (Å²) < 4.78 is 0. The summed E-state index contributed by atoms with van der Waals surface area (Å²) >= 11 is 0. The highest BCUT2D eigenvalue weighted by molar-refractivity contribution is 5.80. The Balaban J connectivity index is 3.77. The maximum atomic E-state index is 11.2. The number of rotatable bonds is 7. The molecule has 0 aromatic carbocycles. The molecule has 13 heavy (non-hydrogen) atoms. The van der Waals surface area contributed by atoms with E-state index in [4.69, 9.17) is 5.73 Å². The first-order valence-electron chi connectivity index (χ1n) is 5.00. The first-order valence-corrected chi connectivity index (χ1v) is 5.00. The van der Waals surface area contributed by atoms with Gasteiger partial charge in [0.15, 0.2) is 0 Å². The number of ketones is 1. The minimum Gasteiger partial charge on any atom is -0.327 e. The van der Waals surface area contributed by atoms with Gasteiger partial charge in [0.05, 0.1) is 0 Å². The fourth-order valence-electron chi connectivity index (χ4n) is 1.38. The van der Waals surface area contributed by atoms with Crippen LogP contribution in [0.5, 0.6) is 0 Å². The predicted molar refractivity (Wildman–Crippen MR) is 56.5 cm³/mol. The average Bonchev–Trinajstić information content (AvgIpc) is 2.05. The van der Waals surface area contributed by atoms with Gasteiger partial charge < -0.3 is 5.73 Å². The van der Waals surface area contributed by atoms with E-state index in [2.05, 4.69) is 20.4 Å². The molecule has 2 N–H and O–H groups in total. The van der Waals surface area contributed by atoms with Crippen LogP contribution in [-0.4, -0.2) is 11.8 Å². The zero-order chi connectivity index (χ0) is 10.3. The van der Waals surface area contributed by atoms with Gasteiger partial charge in [0, 0.05) is 18.9 Å². The highest BCUT2D eigenvalue weighted by Gasteiger charge is 2.14. The van der Waals surface area contributed by atoms with Crippen molar-refractivity contribution in [3.8, 4) is 0 Å². The Hall–Kier alpha value is -0.630. The van der Waals surface area contributed by atoms with Gasteiger partial charge in [-0.25, -0.2) is 0 Å². The van der Waals surface area contributed by atoms with Crippen molar-refractivity contribution in [1.82, 2.24) is 0 Å². The van der Waals surface area contributed by atoms with Crippen molar-refractivity contribution >= 4 is 5.78 Å². The van der Waals surface area contributed by atoms with Crippen LogP contribution < -0.4 is 5.73 Å². The highest BCUT2D eigenvalue weighted by atomic mass is 16.1. The quantitative estimate of drug-likeness (QED) is 0.615. The second kappa shape index (κ2) is 6.84. The fourth-order valence-corrected chi connectivity index (χ4v) is 1.38. The molecule has 0 amide bonds. The molecule has 0 bridgehead atoms. The van der Waals surface area contributed by atoms with Gasteiger partial charge in [-0.1, -0.05) is 26.3 Å². The number of carbonyl (C=O) groups is 1. The van der Waals surface area contributed by atoms with Crippen LogP contribution in [-0.2, 0) is 4.79 Å². The molecule has 0 heterocycles. The van der Waals surface area contributed by atoms with Crippen molar-refractivity contribution in [3.05, 3.63) is 12.7 Å². The van der Waals surface area contributed by atoms with Gasteiger partial charge in [-0.05, 0) is 12.3 Å². The Kier molecular flexibility index (Phi) is 6.51. The van der Waals surface area contributed by atoms with E-state index >= 15 is 0 Å². The molecule has 0 aliphatic rings. The largest absolute Gasteiger partial charge is 0.327 e. The molecule has 0 saturated carbocycles. The van der Waals surface area contributed by atoms with Crippen LogP contribution in [0, 0.1) is 5.92 Å². The standard InChI is InChI=1S/C11H21NO/c1-4-6-9(3)11(12)8-10(13)7-5-2/h5,9,11H,2,4,6-8,12H2,1,3H3. The molecular formula is C11H21NO. The van der Waals surface area contributed by atoms with E-state index in [1.54, 1.807) is 6.08 Å². The molecule has 0 saturated heterocycles. The van der Waals surface area contributed by atoms with E-state index < -0.39 is 0 Å². The molecular weight excluding hydrogens is 162 g/mol. The van der Waals surface area contributed by atoms with Crippen molar-refractivity contribution in [2.75, 3.05) is 0 Å². The van der Waals surface area contributed by atoms with Gasteiger partial charge in [0.2, 0.25) is 0 Å². The van der Waals surface area contributed by atoms with Crippen LogP contribution in [0.2, 0.25) is 0 Å². The maximum Gasteiger partial charge on any atom is 0.138 e. The third kappa shape index (κ3) is 5.58. The Morgan fingerprint density at radius 3 is 2.69 bits per heavy atom. The Labute approximate surface area is 81.2 Å². The maximum absolute atomic E-state index is 11.2. The summed E-state index contributed by atoms with van der Waals surface area (Å²) in [6, 6.07) is 0.0207. The molecule has 0 fully saturated rings. The second-order valence-electron chi connectivity index (χ2n) is 3.67. The number of nitrogens with two attached hydrogens (primary N) is 1. The summed E-state index contributed by atoms with van der Waals surface area (Å²) in [4.78, 5) is 11.2. The number of carbonyl (C=O) groups excluding carboxylic acids is 1. The summed E-state index contributed by atoms with van der Waals surface area (Å²) in [6.07, 6.45) is 4.81. The fraction of sp³-hybridized carbons (Fsp3) is 0.727. The molecule has 76 valence electrons. The van der Waals surface area contributed by atoms with E-state index in [0.717, 1.165) is 12.8 Å². The lowest BCUT2D eigenvalue weighted by Gasteiger charge is -2.17. The normalized spacial score (nSPS) is 15.0. The topological polar surface area (TPSA) is 43.1 Å².